The number of hydrogen-bond donors (Lipinski definition) is 2. The molecule has 3 N–H and O–H groups in total. The summed E-state index contributed by atoms with van der Waals surface area (Å²) in [6.45, 7) is 0.997. The summed E-state index contributed by atoms with van der Waals surface area (Å²) in [5, 5.41) is 0. The molecule has 8 heteroatoms. The van der Waals surface area contributed by atoms with Crippen LogP contribution in [0.1, 0.15) is 24.8 Å². The zero-order valence-electron chi connectivity index (χ0n) is 10.8. The number of nitrogens with zero attached hydrogens (tertiary/aromatic N) is 1. The summed E-state index contributed by atoms with van der Waals surface area (Å²) in [5.74, 6) is -0.571. The lowest BCUT2D eigenvalue weighted by atomic mass is 10.2. The van der Waals surface area contributed by atoms with Crippen LogP contribution in [0.2, 0.25) is 0 Å². The van der Waals surface area contributed by atoms with E-state index in [9.17, 15) is 12.8 Å². The second-order valence-electron chi connectivity index (χ2n) is 4.63. The summed E-state index contributed by atoms with van der Waals surface area (Å²) >= 11 is 4.73. The Balaban J connectivity index is 2.20. The van der Waals surface area contributed by atoms with Gasteiger partial charge in [0, 0.05) is 18.7 Å². The van der Waals surface area contributed by atoms with Gasteiger partial charge in [-0.2, -0.15) is 12.7 Å². The van der Waals surface area contributed by atoms with Crippen LogP contribution in [-0.4, -0.2) is 30.8 Å². The van der Waals surface area contributed by atoms with Crippen molar-refractivity contribution in [3.8, 4) is 0 Å². The Hall–Kier alpha value is -1.25. The van der Waals surface area contributed by atoms with Gasteiger partial charge in [0.1, 0.15) is 10.8 Å². The van der Waals surface area contributed by atoms with Gasteiger partial charge < -0.3 is 5.73 Å². The van der Waals surface area contributed by atoms with Crippen LogP contribution in [-0.2, 0) is 10.2 Å². The van der Waals surface area contributed by atoms with Gasteiger partial charge in [0.05, 0.1) is 5.69 Å². The van der Waals surface area contributed by atoms with Crippen molar-refractivity contribution >= 4 is 33.1 Å². The molecular formula is C12H16FN3O2S2. The molecule has 0 bridgehead atoms. The molecule has 0 aliphatic carbocycles. The fourth-order valence-corrected chi connectivity index (χ4v) is 3.55. The van der Waals surface area contributed by atoms with Crippen molar-refractivity contribution in [2.75, 3.05) is 17.8 Å². The monoisotopic (exact) mass is 317 g/mol. The summed E-state index contributed by atoms with van der Waals surface area (Å²) < 4.78 is 41.6. The third kappa shape index (κ3) is 3.44. The predicted octanol–water partition coefficient (Wildman–Crippen LogP) is 1.60. The van der Waals surface area contributed by atoms with Crippen molar-refractivity contribution in [1.29, 1.82) is 0 Å². The SMILES string of the molecule is NC(=S)c1cc(NS(=O)(=O)N2CCCCC2)ccc1F. The van der Waals surface area contributed by atoms with Gasteiger partial charge in [0.25, 0.3) is 0 Å². The van der Waals surface area contributed by atoms with E-state index in [4.69, 9.17) is 18.0 Å². The largest absolute Gasteiger partial charge is 0.389 e. The van der Waals surface area contributed by atoms with E-state index in [0.717, 1.165) is 25.3 Å². The molecule has 0 aromatic heterocycles. The van der Waals surface area contributed by atoms with E-state index in [-0.39, 0.29) is 16.2 Å². The van der Waals surface area contributed by atoms with Crippen LogP contribution in [0.25, 0.3) is 0 Å². The van der Waals surface area contributed by atoms with Gasteiger partial charge in [-0.25, -0.2) is 4.39 Å². The zero-order chi connectivity index (χ0) is 14.8. The van der Waals surface area contributed by atoms with Gasteiger partial charge in [-0.15, -0.1) is 0 Å². The molecule has 0 amide bonds. The maximum atomic E-state index is 13.5. The lowest BCUT2D eigenvalue weighted by molar-refractivity contribution is 0.349. The van der Waals surface area contributed by atoms with Gasteiger partial charge >= 0.3 is 10.2 Å². The van der Waals surface area contributed by atoms with E-state index in [0.29, 0.717) is 13.1 Å². The fraction of sp³-hybridized carbons (Fsp3) is 0.417. The van der Waals surface area contributed by atoms with E-state index in [2.05, 4.69) is 4.72 Å². The first kappa shape index (κ1) is 15.1. The van der Waals surface area contributed by atoms with Crippen LogP contribution in [0.3, 0.4) is 0 Å². The molecular weight excluding hydrogens is 301 g/mol. The Labute approximate surface area is 123 Å². The van der Waals surface area contributed by atoms with Crippen molar-refractivity contribution in [1.82, 2.24) is 4.31 Å². The van der Waals surface area contributed by atoms with Crippen molar-refractivity contribution in [3.05, 3.63) is 29.6 Å². The third-order valence-corrected chi connectivity index (χ3v) is 4.89. The normalized spacial score (nSPS) is 16.9. The quantitative estimate of drug-likeness (QED) is 0.827. The maximum absolute atomic E-state index is 13.5. The molecule has 1 aliphatic rings. The first-order valence-electron chi connectivity index (χ1n) is 6.27. The van der Waals surface area contributed by atoms with Crippen LogP contribution < -0.4 is 10.5 Å². The average Bonchev–Trinajstić information content (AvgIpc) is 2.41. The standard InChI is InChI=1S/C12H16FN3O2S2/c13-11-5-4-9(8-10(11)12(14)19)15-20(17,18)16-6-2-1-3-7-16/h4-5,8,15H,1-3,6-7H2,(H2,14,19). The summed E-state index contributed by atoms with van der Waals surface area (Å²) in [6, 6.07) is 3.79. The molecule has 5 nitrogen and oxygen atoms in total. The van der Waals surface area contributed by atoms with Gasteiger partial charge in [0.2, 0.25) is 0 Å². The fourth-order valence-electron chi connectivity index (χ4n) is 2.10. The van der Waals surface area contributed by atoms with Crippen LogP contribution in [0.15, 0.2) is 18.2 Å². The third-order valence-electron chi connectivity index (χ3n) is 3.13. The van der Waals surface area contributed by atoms with Crippen LogP contribution >= 0.6 is 12.2 Å². The highest BCUT2D eigenvalue weighted by molar-refractivity contribution is 7.90. The van der Waals surface area contributed by atoms with Gasteiger partial charge in [0.15, 0.2) is 0 Å². The molecule has 110 valence electrons. The smallest absolute Gasteiger partial charge is 0.301 e. The molecule has 0 spiro atoms. The molecule has 1 heterocycles. The summed E-state index contributed by atoms with van der Waals surface area (Å²) in [4.78, 5) is -0.110. The lowest BCUT2D eigenvalue weighted by Gasteiger charge is -2.26. The highest BCUT2D eigenvalue weighted by Crippen LogP contribution is 2.19. The molecule has 0 saturated carbocycles. The van der Waals surface area contributed by atoms with Gasteiger partial charge in [-0.05, 0) is 31.0 Å². The predicted molar refractivity (Wildman–Crippen MR) is 80.3 cm³/mol. The number of benzene rings is 1. The number of thiocarbonyl (C=S) groups is 1. The van der Waals surface area contributed by atoms with Crippen LogP contribution in [0.4, 0.5) is 10.1 Å². The molecule has 1 fully saturated rings. The average molecular weight is 317 g/mol. The highest BCUT2D eigenvalue weighted by Gasteiger charge is 2.24. The Kier molecular flexibility index (Phi) is 4.56. The number of halogens is 1. The highest BCUT2D eigenvalue weighted by atomic mass is 32.2. The molecule has 2 rings (SSSR count). The van der Waals surface area contributed by atoms with Crippen molar-refractivity contribution < 1.29 is 12.8 Å². The lowest BCUT2D eigenvalue weighted by Crippen LogP contribution is -2.39. The summed E-state index contributed by atoms with van der Waals surface area (Å²) in [5.41, 5.74) is 5.67. The first-order valence-corrected chi connectivity index (χ1v) is 8.12. The van der Waals surface area contributed by atoms with E-state index < -0.39 is 16.0 Å². The number of anilines is 1. The van der Waals surface area contributed by atoms with Gasteiger partial charge in [-0.1, -0.05) is 18.6 Å². The van der Waals surface area contributed by atoms with Crippen LogP contribution in [0.5, 0.6) is 0 Å². The minimum atomic E-state index is -3.61. The molecule has 1 aliphatic heterocycles. The number of nitrogens with one attached hydrogen (secondary N) is 1. The molecule has 1 saturated heterocycles. The molecule has 1 aromatic rings. The molecule has 0 unspecified atom stereocenters. The maximum Gasteiger partial charge on any atom is 0.301 e. The van der Waals surface area contributed by atoms with E-state index in [1.54, 1.807) is 0 Å². The Morgan fingerprint density at radius 2 is 1.95 bits per heavy atom. The molecule has 1 aromatic carbocycles. The van der Waals surface area contributed by atoms with Crippen molar-refractivity contribution in [3.63, 3.8) is 0 Å². The Morgan fingerprint density at radius 3 is 2.55 bits per heavy atom. The zero-order valence-corrected chi connectivity index (χ0v) is 12.4. The number of nitrogens with two attached hydrogens (primary N) is 1. The number of rotatable bonds is 4. The Bertz CT molecular complexity index is 613. The number of hydrogen-bond acceptors (Lipinski definition) is 3. The van der Waals surface area contributed by atoms with Crippen LogP contribution in [0, 0.1) is 5.82 Å². The summed E-state index contributed by atoms with van der Waals surface area (Å²) in [7, 11) is -3.61. The second-order valence-corrected chi connectivity index (χ2v) is 6.74. The minimum Gasteiger partial charge on any atom is -0.389 e. The van der Waals surface area contributed by atoms with Crippen molar-refractivity contribution in [2.45, 2.75) is 19.3 Å². The van der Waals surface area contributed by atoms with E-state index in [1.165, 1.54) is 16.4 Å². The molecule has 0 radical (unpaired) electrons. The van der Waals surface area contributed by atoms with Crippen molar-refractivity contribution in [2.24, 2.45) is 5.73 Å². The number of piperidine rings is 1. The summed E-state index contributed by atoms with van der Waals surface area (Å²) in [6.07, 6.45) is 2.74. The first-order chi connectivity index (χ1) is 9.40. The van der Waals surface area contributed by atoms with Gasteiger partial charge in [-0.3, -0.25) is 4.72 Å². The topological polar surface area (TPSA) is 75.4 Å². The van der Waals surface area contributed by atoms with E-state index in [1.807, 2.05) is 0 Å². The Morgan fingerprint density at radius 1 is 1.30 bits per heavy atom. The minimum absolute atomic E-state index is 0.0267. The van der Waals surface area contributed by atoms with E-state index >= 15 is 0 Å². The molecule has 0 atom stereocenters. The second kappa shape index (κ2) is 6.02. The molecule has 20 heavy (non-hydrogen) atoms.